The van der Waals surface area contributed by atoms with Crippen molar-refractivity contribution in [3.8, 4) is 0 Å². The number of nitrogens with zero attached hydrogens (tertiary/aromatic N) is 2. The van der Waals surface area contributed by atoms with Crippen molar-refractivity contribution in [3.05, 3.63) is 53.9 Å². The SMILES string of the molecule is Cn1ccnc1C(NC(=O)C1CC2CCC1C2)c1ccc(F)cc1. The number of hydrogen-bond acceptors (Lipinski definition) is 2. The summed E-state index contributed by atoms with van der Waals surface area (Å²) in [5, 5.41) is 3.18. The van der Waals surface area contributed by atoms with Gasteiger partial charge >= 0.3 is 0 Å². The number of hydrogen-bond donors (Lipinski definition) is 1. The van der Waals surface area contributed by atoms with Crippen molar-refractivity contribution in [2.75, 3.05) is 0 Å². The molecule has 1 amide bonds. The predicted octanol–water partition coefficient (Wildman–Crippen LogP) is 3.20. The van der Waals surface area contributed by atoms with Gasteiger partial charge < -0.3 is 9.88 Å². The smallest absolute Gasteiger partial charge is 0.224 e. The maximum atomic E-state index is 13.3. The zero-order chi connectivity index (χ0) is 16.7. The Bertz CT molecular complexity index is 739. The second-order valence-corrected chi connectivity index (χ2v) is 7.17. The standard InChI is InChI=1S/C19H22FN3O/c1-23-9-8-21-18(23)17(13-4-6-15(20)7-5-13)22-19(24)16-11-12-2-3-14(16)10-12/h4-9,12,14,16-17H,2-3,10-11H2,1H3,(H,22,24). The minimum atomic E-state index is -0.350. The van der Waals surface area contributed by atoms with Crippen LogP contribution in [0.1, 0.15) is 43.1 Å². The molecule has 0 aliphatic heterocycles. The van der Waals surface area contributed by atoms with E-state index in [2.05, 4.69) is 10.3 Å². The summed E-state index contributed by atoms with van der Waals surface area (Å²) in [7, 11) is 1.91. The minimum Gasteiger partial charge on any atom is -0.342 e. The molecule has 1 heterocycles. The molecule has 4 atom stereocenters. The van der Waals surface area contributed by atoms with Crippen molar-refractivity contribution in [1.82, 2.24) is 14.9 Å². The average Bonchev–Trinajstić information content (AvgIpc) is 3.30. The van der Waals surface area contributed by atoms with E-state index < -0.39 is 0 Å². The molecule has 4 rings (SSSR count). The highest BCUT2D eigenvalue weighted by molar-refractivity contribution is 5.80. The molecule has 4 nitrogen and oxygen atoms in total. The zero-order valence-electron chi connectivity index (χ0n) is 13.8. The minimum absolute atomic E-state index is 0.111. The number of rotatable bonds is 4. The third kappa shape index (κ3) is 2.72. The van der Waals surface area contributed by atoms with Crippen LogP contribution >= 0.6 is 0 Å². The molecule has 2 aliphatic rings. The first kappa shape index (κ1) is 15.4. The molecular weight excluding hydrogens is 305 g/mol. The number of carbonyl (C=O) groups is 1. The Kier molecular flexibility index (Phi) is 3.87. The third-order valence-corrected chi connectivity index (χ3v) is 5.68. The fraction of sp³-hybridized carbons (Fsp3) is 0.474. The van der Waals surface area contributed by atoms with Crippen molar-refractivity contribution in [3.63, 3.8) is 0 Å². The molecule has 1 aromatic carbocycles. The molecule has 126 valence electrons. The topological polar surface area (TPSA) is 46.9 Å². The van der Waals surface area contributed by atoms with Gasteiger partial charge in [0.15, 0.2) is 0 Å². The van der Waals surface area contributed by atoms with E-state index in [1.54, 1.807) is 18.3 Å². The summed E-state index contributed by atoms with van der Waals surface area (Å²) in [5.41, 5.74) is 0.849. The summed E-state index contributed by atoms with van der Waals surface area (Å²) in [6.07, 6.45) is 8.22. The number of nitrogens with one attached hydrogen (secondary N) is 1. The van der Waals surface area contributed by atoms with E-state index in [9.17, 15) is 9.18 Å². The average molecular weight is 327 g/mol. The lowest BCUT2D eigenvalue weighted by molar-refractivity contribution is -0.127. The van der Waals surface area contributed by atoms with Crippen LogP contribution in [0.25, 0.3) is 0 Å². The molecule has 2 bridgehead atoms. The van der Waals surface area contributed by atoms with Gasteiger partial charge in [0.25, 0.3) is 0 Å². The van der Waals surface area contributed by atoms with Gasteiger partial charge in [-0.3, -0.25) is 4.79 Å². The second kappa shape index (κ2) is 6.04. The zero-order valence-corrected chi connectivity index (χ0v) is 13.8. The number of aryl methyl sites for hydroxylation is 1. The Morgan fingerprint density at radius 1 is 1.29 bits per heavy atom. The van der Waals surface area contributed by atoms with Gasteiger partial charge in [-0.2, -0.15) is 0 Å². The van der Waals surface area contributed by atoms with E-state index >= 15 is 0 Å². The first-order chi connectivity index (χ1) is 11.6. The summed E-state index contributed by atoms with van der Waals surface area (Å²) in [5.74, 6) is 1.97. The Hall–Kier alpha value is -2.17. The highest BCUT2D eigenvalue weighted by Gasteiger charge is 2.43. The van der Waals surface area contributed by atoms with Gasteiger partial charge in [0.05, 0.1) is 0 Å². The van der Waals surface area contributed by atoms with E-state index in [4.69, 9.17) is 0 Å². The van der Waals surface area contributed by atoms with Crippen molar-refractivity contribution in [1.29, 1.82) is 0 Å². The quantitative estimate of drug-likeness (QED) is 0.937. The first-order valence-corrected chi connectivity index (χ1v) is 8.65. The molecule has 4 unspecified atom stereocenters. The van der Waals surface area contributed by atoms with Crippen LogP contribution in [0.15, 0.2) is 36.7 Å². The first-order valence-electron chi connectivity index (χ1n) is 8.65. The summed E-state index contributed by atoms with van der Waals surface area (Å²) in [6, 6.07) is 5.94. The Morgan fingerprint density at radius 3 is 2.67 bits per heavy atom. The van der Waals surface area contributed by atoms with Crippen molar-refractivity contribution < 1.29 is 9.18 Å². The normalized spacial score (nSPS) is 26.5. The van der Waals surface area contributed by atoms with Crippen molar-refractivity contribution in [2.45, 2.75) is 31.7 Å². The van der Waals surface area contributed by atoms with Gasteiger partial charge in [0.2, 0.25) is 5.91 Å². The van der Waals surface area contributed by atoms with Gasteiger partial charge in [-0.1, -0.05) is 18.6 Å². The van der Waals surface area contributed by atoms with Gasteiger partial charge in [-0.25, -0.2) is 9.37 Å². The Morgan fingerprint density at radius 2 is 2.08 bits per heavy atom. The molecule has 5 heteroatoms. The number of benzene rings is 1. The van der Waals surface area contributed by atoms with Crippen molar-refractivity contribution >= 4 is 5.91 Å². The monoisotopic (exact) mass is 327 g/mol. The van der Waals surface area contributed by atoms with E-state index in [1.165, 1.54) is 31.4 Å². The van der Waals surface area contributed by atoms with E-state index in [0.717, 1.165) is 23.7 Å². The molecule has 2 fully saturated rings. The molecule has 2 saturated carbocycles. The number of amides is 1. The fourth-order valence-corrected chi connectivity index (χ4v) is 4.42. The largest absolute Gasteiger partial charge is 0.342 e. The lowest BCUT2D eigenvalue weighted by Gasteiger charge is -2.25. The lowest BCUT2D eigenvalue weighted by atomic mass is 9.88. The molecule has 0 radical (unpaired) electrons. The van der Waals surface area contributed by atoms with E-state index in [1.807, 2.05) is 17.8 Å². The van der Waals surface area contributed by atoms with Gasteiger partial charge in [-0.05, 0) is 48.8 Å². The van der Waals surface area contributed by atoms with Crippen LogP contribution in [0.4, 0.5) is 4.39 Å². The van der Waals surface area contributed by atoms with Gasteiger partial charge in [0.1, 0.15) is 17.7 Å². The molecule has 0 spiro atoms. The Labute approximate surface area is 141 Å². The van der Waals surface area contributed by atoms with Crippen LogP contribution in [0.3, 0.4) is 0 Å². The Balaban J connectivity index is 1.60. The molecule has 2 aromatic rings. The summed E-state index contributed by atoms with van der Waals surface area (Å²) in [6.45, 7) is 0. The molecule has 0 saturated heterocycles. The van der Waals surface area contributed by atoms with Crippen LogP contribution in [-0.2, 0) is 11.8 Å². The summed E-state index contributed by atoms with van der Waals surface area (Å²) >= 11 is 0. The number of aromatic nitrogens is 2. The molecule has 1 aromatic heterocycles. The fourth-order valence-electron chi connectivity index (χ4n) is 4.42. The second-order valence-electron chi connectivity index (χ2n) is 7.17. The van der Waals surface area contributed by atoms with Crippen LogP contribution in [0, 0.1) is 23.6 Å². The molecule has 24 heavy (non-hydrogen) atoms. The number of fused-ring (bicyclic) bond motifs is 2. The number of halogens is 1. The maximum Gasteiger partial charge on any atom is 0.224 e. The predicted molar refractivity (Wildman–Crippen MR) is 88.5 cm³/mol. The molecular formula is C19H22FN3O. The highest BCUT2D eigenvalue weighted by atomic mass is 19.1. The summed E-state index contributed by atoms with van der Waals surface area (Å²) in [4.78, 5) is 17.3. The number of imidazole rings is 1. The number of carbonyl (C=O) groups excluding carboxylic acids is 1. The van der Waals surface area contributed by atoms with Crippen LogP contribution < -0.4 is 5.32 Å². The third-order valence-electron chi connectivity index (χ3n) is 5.68. The maximum absolute atomic E-state index is 13.3. The highest BCUT2D eigenvalue weighted by Crippen LogP contribution is 2.48. The van der Waals surface area contributed by atoms with Gasteiger partial charge in [-0.15, -0.1) is 0 Å². The van der Waals surface area contributed by atoms with Crippen LogP contribution in [0.2, 0.25) is 0 Å². The lowest BCUT2D eigenvalue weighted by Crippen LogP contribution is -2.37. The van der Waals surface area contributed by atoms with E-state index in [-0.39, 0.29) is 23.7 Å². The molecule has 2 aliphatic carbocycles. The summed E-state index contributed by atoms with van der Waals surface area (Å²) < 4.78 is 15.2. The van der Waals surface area contributed by atoms with Gasteiger partial charge in [0, 0.05) is 25.4 Å². The van der Waals surface area contributed by atoms with Crippen molar-refractivity contribution in [2.24, 2.45) is 24.8 Å². The van der Waals surface area contributed by atoms with Crippen LogP contribution in [0.5, 0.6) is 0 Å². The van der Waals surface area contributed by atoms with Crippen LogP contribution in [-0.4, -0.2) is 15.5 Å². The van der Waals surface area contributed by atoms with E-state index in [0.29, 0.717) is 5.92 Å². The molecule has 1 N–H and O–H groups in total.